The molecule has 0 aromatic heterocycles. The van der Waals surface area contributed by atoms with Crippen molar-refractivity contribution < 1.29 is 14.3 Å². The fraction of sp³-hybridized carbons (Fsp3) is 0.409. The number of carbonyl (C=O) groups excluding carboxylic acids is 1. The zero-order valence-electron chi connectivity index (χ0n) is 15.0. The van der Waals surface area contributed by atoms with Gasteiger partial charge in [0.1, 0.15) is 5.75 Å². The molecule has 0 N–H and O–H groups in total. The molecule has 3 nitrogen and oxygen atoms in total. The van der Waals surface area contributed by atoms with Crippen LogP contribution in [0, 0.1) is 0 Å². The third kappa shape index (κ3) is 3.21. The van der Waals surface area contributed by atoms with Gasteiger partial charge in [-0.05, 0) is 72.6 Å². The van der Waals surface area contributed by atoms with Crippen LogP contribution >= 0.6 is 11.6 Å². The van der Waals surface area contributed by atoms with Gasteiger partial charge in [0.05, 0.1) is 20.1 Å². The van der Waals surface area contributed by atoms with Gasteiger partial charge in [-0.15, -0.1) is 0 Å². The molecule has 4 rings (SSSR count). The Morgan fingerprint density at radius 2 is 2.04 bits per heavy atom. The van der Waals surface area contributed by atoms with Crippen molar-refractivity contribution in [2.24, 2.45) is 0 Å². The normalized spacial score (nSPS) is 21.3. The molecule has 1 aliphatic carbocycles. The van der Waals surface area contributed by atoms with Gasteiger partial charge < -0.3 is 9.47 Å². The van der Waals surface area contributed by atoms with E-state index in [9.17, 15) is 4.79 Å². The maximum Gasteiger partial charge on any atom is 0.309 e. The Hall–Kier alpha value is -2.00. The largest absolute Gasteiger partial charge is 0.492 e. The monoisotopic (exact) mass is 370 g/mol. The highest BCUT2D eigenvalue weighted by Gasteiger charge is 2.39. The van der Waals surface area contributed by atoms with Gasteiger partial charge in [-0.3, -0.25) is 4.79 Å². The number of carbonyl (C=O) groups is 1. The first-order chi connectivity index (χ1) is 12.6. The molecule has 0 bridgehead atoms. The molecule has 1 aliphatic heterocycles. The number of hydrogen-bond acceptors (Lipinski definition) is 3. The summed E-state index contributed by atoms with van der Waals surface area (Å²) in [5, 5.41) is 0.811. The minimum Gasteiger partial charge on any atom is -0.492 e. The number of rotatable bonds is 2. The van der Waals surface area contributed by atoms with E-state index in [1.54, 1.807) is 0 Å². The summed E-state index contributed by atoms with van der Waals surface area (Å²) < 4.78 is 11.0. The number of fused-ring (bicyclic) bond motifs is 3. The Morgan fingerprint density at radius 1 is 1.15 bits per heavy atom. The zero-order valence-corrected chi connectivity index (χ0v) is 15.8. The molecule has 2 aliphatic rings. The van der Waals surface area contributed by atoms with Crippen LogP contribution in [0.25, 0.3) is 0 Å². The average Bonchev–Trinajstić information content (AvgIpc) is 2.82. The minimum atomic E-state index is -0.214. The summed E-state index contributed by atoms with van der Waals surface area (Å²) in [6, 6.07) is 12.4. The van der Waals surface area contributed by atoms with Gasteiger partial charge in [-0.1, -0.05) is 29.8 Å². The van der Waals surface area contributed by atoms with E-state index in [-0.39, 0.29) is 11.4 Å². The molecular formula is C22H23ClO3. The van der Waals surface area contributed by atoms with Gasteiger partial charge in [0.2, 0.25) is 0 Å². The van der Waals surface area contributed by atoms with Crippen molar-refractivity contribution in [2.75, 3.05) is 13.7 Å². The van der Waals surface area contributed by atoms with Gasteiger partial charge in [0, 0.05) is 10.4 Å². The maximum atomic E-state index is 11.6. The van der Waals surface area contributed by atoms with Crippen molar-refractivity contribution in [1.29, 1.82) is 0 Å². The quantitative estimate of drug-likeness (QED) is 0.721. The summed E-state index contributed by atoms with van der Waals surface area (Å²) in [6.07, 6.45) is 5.71. The molecule has 0 saturated heterocycles. The van der Waals surface area contributed by atoms with Crippen molar-refractivity contribution in [1.82, 2.24) is 0 Å². The van der Waals surface area contributed by atoms with Crippen LogP contribution in [0.4, 0.5) is 0 Å². The Kier molecular flexibility index (Phi) is 4.66. The molecule has 1 heterocycles. The molecule has 2 aromatic carbocycles. The second kappa shape index (κ2) is 6.96. The van der Waals surface area contributed by atoms with Crippen LogP contribution in [0.2, 0.25) is 5.02 Å². The van der Waals surface area contributed by atoms with Crippen molar-refractivity contribution in [3.63, 3.8) is 0 Å². The van der Waals surface area contributed by atoms with Crippen LogP contribution in [-0.2, 0) is 34.2 Å². The Labute approximate surface area is 159 Å². The van der Waals surface area contributed by atoms with Crippen LogP contribution in [0.15, 0.2) is 36.4 Å². The predicted molar refractivity (Wildman–Crippen MR) is 102 cm³/mol. The first kappa shape index (κ1) is 17.4. The van der Waals surface area contributed by atoms with Crippen LogP contribution in [0.3, 0.4) is 0 Å². The number of benzene rings is 2. The van der Waals surface area contributed by atoms with E-state index in [2.05, 4.69) is 18.2 Å². The standard InChI is InChI=1S/C22H23ClO3/c1-25-21(24)12-15-4-7-20-17(11-15)8-10-22(14-26-20)9-2-3-16-13-18(23)5-6-19(16)22/h4-7,11,13H,2-3,8-10,12,14H2,1H3/t22-/m0/s1. The fourth-order valence-electron chi connectivity index (χ4n) is 4.43. The molecule has 0 fully saturated rings. The highest BCUT2D eigenvalue weighted by molar-refractivity contribution is 6.30. The smallest absolute Gasteiger partial charge is 0.309 e. The van der Waals surface area contributed by atoms with E-state index in [4.69, 9.17) is 21.1 Å². The van der Waals surface area contributed by atoms with E-state index < -0.39 is 0 Å². The highest BCUT2D eigenvalue weighted by Crippen LogP contribution is 2.44. The van der Waals surface area contributed by atoms with Crippen molar-refractivity contribution in [2.45, 2.75) is 43.9 Å². The lowest BCUT2D eigenvalue weighted by atomic mass is 9.68. The first-order valence-corrected chi connectivity index (χ1v) is 9.58. The van der Waals surface area contributed by atoms with Gasteiger partial charge in [-0.25, -0.2) is 0 Å². The molecule has 0 unspecified atom stereocenters. The van der Waals surface area contributed by atoms with E-state index >= 15 is 0 Å². The van der Waals surface area contributed by atoms with E-state index in [0.29, 0.717) is 13.0 Å². The molecule has 26 heavy (non-hydrogen) atoms. The van der Waals surface area contributed by atoms with Crippen LogP contribution in [0.1, 0.15) is 41.5 Å². The number of ether oxygens (including phenoxy) is 2. The summed E-state index contributed by atoms with van der Waals surface area (Å²) in [5.41, 5.74) is 4.98. The molecule has 1 atom stereocenters. The lowest BCUT2D eigenvalue weighted by Gasteiger charge is -2.38. The Morgan fingerprint density at radius 3 is 2.88 bits per heavy atom. The zero-order chi connectivity index (χ0) is 18.1. The Bertz CT molecular complexity index is 845. The number of aryl methyl sites for hydroxylation is 2. The number of hydrogen-bond donors (Lipinski definition) is 0. The fourth-order valence-corrected chi connectivity index (χ4v) is 4.62. The number of esters is 1. The highest BCUT2D eigenvalue weighted by atomic mass is 35.5. The summed E-state index contributed by atoms with van der Waals surface area (Å²) in [5.74, 6) is 0.727. The van der Waals surface area contributed by atoms with Crippen LogP contribution in [0.5, 0.6) is 5.75 Å². The average molecular weight is 371 g/mol. The van der Waals surface area contributed by atoms with E-state index in [1.807, 2.05) is 18.2 Å². The van der Waals surface area contributed by atoms with Gasteiger partial charge in [0.25, 0.3) is 0 Å². The van der Waals surface area contributed by atoms with E-state index in [1.165, 1.54) is 30.2 Å². The van der Waals surface area contributed by atoms with Crippen molar-refractivity contribution in [3.05, 3.63) is 63.7 Å². The molecule has 4 heteroatoms. The van der Waals surface area contributed by atoms with E-state index in [0.717, 1.165) is 42.0 Å². The Balaban J connectivity index is 1.62. The second-order valence-corrected chi connectivity index (χ2v) is 7.86. The second-order valence-electron chi connectivity index (χ2n) is 7.42. The minimum absolute atomic E-state index is 0.0553. The van der Waals surface area contributed by atoms with Gasteiger partial charge in [-0.2, -0.15) is 0 Å². The molecule has 2 aromatic rings. The molecular weight excluding hydrogens is 348 g/mol. The number of methoxy groups -OCH3 is 1. The summed E-state index contributed by atoms with van der Waals surface area (Å²) in [7, 11) is 1.42. The SMILES string of the molecule is COC(=O)Cc1ccc2c(c1)CC[C@@]1(CCCc3cc(Cl)ccc31)CO2. The summed E-state index contributed by atoms with van der Waals surface area (Å²) in [4.78, 5) is 11.6. The van der Waals surface area contributed by atoms with Crippen LogP contribution < -0.4 is 4.74 Å². The molecule has 136 valence electrons. The third-order valence-electron chi connectivity index (χ3n) is 5.82. The summed E-state index contributed by atoms with van der Waals surface area (Å²) in [6.45, 7) is 0.699. The van der Waals surface area contributed by atoms with Crippen LogP contribution in [-0.4, -0.2) is 19.7 Å². The molecule has 0 amide bonds. The summed E-state index contributed by atoms with van der Waals surface area (Å²) >= 11 is 6.21. The van der Waals surface area contributed by atoms with Gasteiger partial charge in [0.15, 0.2) is 0 Å². The topological polar surface area (TPSA) is 35.5 Å². The third-order valence-corrected chi connectivity index (χ3v) is 6.05. The van der Waals surface area contributed by atoms with Crippen molar-refractivity contribution in [3.8, 4) is 5.75 Å². The first-order valence-electron chi connectivity index (χ1n) is 9.20. The lowest BCUT2D eigenvalue weighted by molar-refractivity contribution is -0.139. The van der Waals surface area contributed by atoms with Crippen molar-refractivity contribution >= 4 is 17.6 Å². The number of halogens is 1. The molecule has 1 spiro atoms. The molecule has 0 radical (unpaired) electrons. The maximum absolute atomic E-state index is 11.6. The predicted octanol–water partition coefficient (Wildman–Crippen LogP) is 4.65. The van der Waals surface area contributed by atoms with Gasteiger partial charge >= 0.3 is 5.97 Å². The molecule has 0 saturated carbocycles. The lowest BCUT2D eigenvalue weighted by Crippen LogP contribution is -2.36.